The standard InChI is InChI=1S/C11H15ClN4/c1-8(2)16(7-3-6-13)11-9(14)4-5-10(12)15-11/h4-5,8H,3,7,14H2,1-2H3. The third-order valence-electron chi connectivity index (χ3n) is 2.23. The molecule has 0 unspecified atom stereocenters. The lowest BCUT2D eigenvalue weighted by Gasteiger charge is -2.28. The Morgan fingerprint density at radius 2 is 2.25 bits per heavy atom. The van der Waals surface area contributed by atoms with E-state index in [1.807, 2.05) is 18.7 Å². The van der Waals surface area contributed by atoms with Crippen LogP contribution in [0, 0.1) is 11.3 Å². The zero-order valence-corrected chi connectivity index (χ0v) is 10.2. The van der Waals surface area contributed by atoms with Gasteiger partial charge in [-0.25, -0.2) is 4.98 Å². The molecule has 0 atom stereocenters. The zero-order valence-electron chi connectivity index (χ0n) is 9.44. The van der Waals surface area contributed by atoms with Gasteiger partial charge in [0.05, 0.1) is 18.2 Å². The van der Waals surface area contributed by atoms with E-state index in [0.29, 0.717) is 29.6 Å². The molecule has 0 spiro atoms. The Labute approximate surface area is 101 Å². The molecular formula is C11H15ClN4. The lowest BCUT2D eigenvalue weighted by atomic mass is 10.2. The second kappa shape index (κ2) is 5.57. The van der Waals surface area contributed by atoms with Crippen LogP contribution in [-0.4, -0.2) is 17.6 Å². The number of hydrogen-bond acceptors (Lipinski definition) is 4. The van der Waals surface area contributed by atoms with Crippen LogP contribution in [0.1, 0.15) is 20.3 Å². The van der Waals surface area contributed by atoms with Crippen molar-refractivity contribution in [2.45, 2.75) is 26.3 Å². The van der Waals surface area contributed by atoms with Crippen LogP contribution in [0.4, 0.5) is 11.5 Å². The van der Waals surface area contributed by atoms with Gasteiger partial charge in [0, 0.05) is 12.6 Å². The van der Waals surface area contributed by atoms with Crippen LogP contribution in [0.3, 0.4) is 0 Å². The predicted molar refractivity (Wildman–Crippen MR) is 66.4 cm³/mol. The maximum Gasteiger partial charge on any atom is 0.153 e. The highest BCUT2D eigenvalue weighted by atomic mass is 35.5. The summed E-state index contributed by atoms with van der Waals surface area (Å²) in [5.41, 5.74) is 6.43. The second-order valence-corrected chi connectivity index (χ2v) is 4.13. The maximum atomic E-state index is 8.61. The van der Waals surface area contributed by atoms with Gasteiger partial charge in [-0.15, -0.1) is 0 Å². The molecular weight excluding hydrogens is 224 g/mol. The van der Waals surface area contributed by atoms with Gasteiger partial charge in [0.15, 0.2) is 5.82 Å². The van der Waals surface area contributed by atoms with E-state index in [4.69, 9.17) is 22.6 Å². The summed E-state index contributed by atoms with van der Waals surface area (Å²) >= 11 is 5.84. The fourth-order valence-corrected chi connectivity index (χ4v) is 1.59. The van der Waals surface area contributed by atoms with Gasteiger partial charge in [0.2, 0.25) is 0 Å². The molecule has 1 heterocycles. The minimum absolute atomic E-state index is 0.224. The third kappa shape index (κ3) is 3.01. The summed E-state index contributed by atoms with van der Waals surface area (Å²) in [6, 6.07) is 5.72. The van der Waals surface area contributed by atoms with Crippen LogP contribution in [0.5, 0.6) is 0 Å². The Balaban J connectivity index is 3.01. The van der Waals surface area contributed by atoms with Crippen molar-refractivity contribution in [2.75, 3.05) is 17.2 Å². The first-order valence-corrected chi connectivity index (χ1v) is 5.49. The van der Waals surface area contributed by atoms with E-state index >= 15 is 0 Å². The van der Waals surface area contributed by atoms with Crippen LogP contribution in [0.2, 0.25) is 5.15 Å². The molecule has 0 aliphatic rings. The molecule has 1 rings (SSSR count). The Morgan fingerprint density at radius 3 is 2.81 bits per heavy atom. The van der Waals surface area contributed by atoms with E-state index in [1.54, 1.807) is 12.1 Å². The number of rotatable bonds is 4. The summed E-state index contributed by atoms with van der Waals surface area (Å²) < 4.78 is 0. The lowest BCUT2D eigenvalue weighted by molar-refractivity contribution is 0.678. The van der Waals surface area contributed by atoms with Gasteiger partial charge in [-0.05, 0) is 26.0 Å². The van der Waals surface area contributed by atoms with Gasteiger partial charge in [-0.2, -0.15) is 5.26 Å². The Morgan fingerprint density at radius 1 is 1.56 bits per heavy atom. The van der Waals surface area contributed by atoms with E-state index in [0.717, 1.165) is 0 Å². The molecule has 0 aliphatic carbocycles. The topological polar surface area (TPSA) is 65.9 Å². The molecule has 0 amide bonds. The summed E-state index contributed by atoms with van der Waals surface area (Å²) in [4.78, 5) is 6.18. The summed E-state index contributed by atoms with van der Waals surface area (Å²) in [6.45, 7) is 4.66. The SMILES string of the molecule is CC(C)N(CCC#N)c1nc(Cl)ccc1N. The lowest BCUT2D eigenvalue weighted by Crippen LogP contribution is -2.33. The van der Waals surface area contributed by atoms with E-state index in [1.165, 1.54) is 0 Å². The van der Waals surface area contributed by atoms with Crippen LogP contribution in [-0.2, 0) is 0 Å². The number of anilines is 2. The quantitative estimate of drug-likeness (QED) is 0.819. The van der Waals surface area contributed by atoms with Crippen molar-refractivity contribution in [3.05, 3.63) is 17.3 Å². The van der Waals surface area contributed by atoms with Gasteiger partial charge in [0.25, 0.3) is 0 Å². The number of pyridine rings is 1. The molecule has 2 N–H and O–H groups in total. The Bertz CT molecular complexity index is 397. The first kappa shape index (κ1) is 12.6. The molecule has 0 saturated carbocycles. The largest absolute Gasteiger partial charge is 0.396 e. The number of nitrogen functional groups attached to an aromatic ring is 1. The normalized spacial score (nSPS) is 10.2. The molecule has 0 bridgehead atoms. The highest BCUT2D eigenvalue weighted by molar-refractivity contribution is 6.29. The summed E-state index contributed by atoms with van der Waals surface area (Å²) in [5, 5.41) is 9.02. The number of nitriles is 1. The van der Waals surface area contributed by atoms with Crippen molar-refractivity contribution in [1.82, 2.24) is 4.98 Å². The molecule has 16 heavy (non-hydrogen) atoms. The first-order chi connectivity index (χ1) is 7.56. The van der Waals surface area contributed by atoms with E-state index in [2.05, 4.69) is 11.1 Å². The molecule has 0 aliphatic heterocycles. The first-order valence-electron chi connectivity index (χ1n) is 5.12. The van der Waals surface area contributed by atoms with Crippen molar-refractivity contribution in [2.24, 2.45) is 0 Å². The molecule has 1 aromatic heterocycles. The summed E-state index contributed by atoms with van der Waals surface area (Å²) in [5.74, 6) is 0.651. The van der Waals surface area contributed by atoms with E-state index < -0.39 is 0 Å². The molecule has 86 valence electrons. The Hall–Kier alpha value is -1.47. The molecule has 0 saturated heterocycles. The van der Waals surface area contributed by atoms with E-state index in [-0.39, 0.29) is 6.04 Å². The number of nitrogens with two attached hydrogens (primary N) is 1. The van der Waals surface area contributed by atoms with Crippen molar-refractivity contribution in [3.63, 3.8) is 0 Å². The highest BCUT2D eigenvalue weighted by Gasteiger charge is 2.14. The molecule has 0 aromatic carbocycles. The Kier molecular flexibility index (Phi) is 4.39. The van der Waals surface area contributed by atoms with Crippen LogP contribution in [0.25, 0.3) is 0 Å². The monoisotopic (exact) mass is 238 g/mol. The maximum absolute atomic E-state index is 8.61. The van der Waals surface area contributed by atoms with Crippen LogP contribution < -0.4 is 10.6 Å². The van der Waals surface area contributed by atoms with Crippen LogP contribution in [0.15, 0.2) is 12.1 Å². The zero-order chi connectivity index (χ0) is 12.1. The van der Waals surface area contributed by atoms with Gasteiger partial charge < -0.3 is 10.6 Å². The van der Waals surface area contributed by atoms with Crippen molar-refractivity contribution in [1.29, 1.82) is 5.26 Å². The van der Waals surface area contributed by atoms with Crippen molar-refractivity contribution >= 4 is 23.1 Å². The van der Waals surface area contributed by atoms with Gasteiger partial charge in [-0.1, -0.05) is 11.6 Å². The number of hydrogen-bond donors (Lipinski definition) is 1. The minimum Gasteiger partial charge on any atom is -0.396 e. The molecule has 1 aromatic rings. The molecule has 0 fully saturated rings. The van der Waals surface area contributed by atoms with E-state index in [9.17, 15) is 0 Å². The summed E-state index contributed by atoms with van der Waals surface area (Å²) in [7, 11) is 0. The number of nitrogens with zero attached hydrogens (tertiary/aromatic N) is 3. The predicted octanol–water partition coefficient (Wildman–Crippen LogP) is 2.45. The van der Waals surface area contributed by atoms with Gasteiger partial charge in [0.1, 0.15) is 5.15 Å². The molecule has 5 heteroatoms. The third-order valence-corrected chi connectivity index (χ3v) is 2.44. The smallest absolute Gasteiger partial charge is 0.153 e. The second-order valence-electron chi connectivity index (χ2n) is 3.74. The van der Waals surface area contributed by atoms with Crippen LogP contribution >= 0.6 is 11.6 Å². The fourth-order valence-electron chi connectivity index (χ4n) is 1.45. The average molecular weight is 239 g/mol. The molecule has 0 radical (unpaired) electrons. The summed E-state index contributed by atoms with van der Waals surface area (Å²) in [6.07, 6.45) is 0.436. The number of halogens is 1. The molecule has 4 nitrogen and oxygen atoms in total. The minimum atomic E-state index is 0.224. The van der Waals surface area contributed by atoms with Gasteiger partial charge >= 0.3 is 0 Å². The van der Waals surface area contributed by atoms with Gasteiger partial charge in [-0.3, -0.25) is 0 Å². The number of aromatic nitrogens is 1. The average Bonchev–Trinajstić information content (AvgIpc) is 2.23. The van der Waals surface area contributed by atoms with Crippen molar-refractivity contribution in [3.8, 4) is 6.07 Å². The van der Waals surface area contributed by atoms with Crippen molar-refractivity contribution < 1.29 is 0 Å². The highest BCUT2D eigenvalue weighted by Crippen LogP contribution is 2.24. The fraction of sp³-hybridized carbons (Fsp3) is 0.455.